The number of hydrogen-bond donors (Lipinski definition) is 3. The fourth-order valence-electron chi connectivity index (χ4n) is 3.83. The molecule has 1 aliphatic heterocycles. The van der Waals surface area contributed by atoms with Crippen molar-refractivity contribution in [3.63, 3.8) is 0 Å². The van der Waals surface area contributed by atoms with Crippen molar-refractivity contribution in [1.82, 2.24) is 10.6 Å². The van der Waals surface area contributed by atoms with Crippen LogP contribution in [0.2, 0.25) is 0 Å². The van der Waals surface area contributed by atoms with Gasteiger partial charge in [0.1, 0.15) is 5.83 Å². The minimum Gasteiger partial charge on any atom is -0.377 e. The van der Waals surface area contributed by atoms with E-state index in [9.17, 15) is 19.1 Å². The number of urea groups is 1. The Labute approximate surface area is 137 Å². The molecule has 2 unspecified atom stereocenters. The van der Waals surface area contributed by atoms with Crippen molar-refractivity contribution >= 4 is 17.5 Å². The van der Waals surface area contributed by atoms with Crippen molar-refractivity contribution in [3.05, 3.63) is 65.0 Å². The van der Waals surface area contributed by atoms with Crippen molar-refractivity contribution in [2.75, 3.05) is 0 Å². The molecule has 122 valence electrons. The number of halogens is 1. The van der Waals surface area contributed by atoms with Crippen LogP contribution in [0.5, 0.6) is 0 Å². The Morgan fingerprint density at radius 2 is 1.88 bits per heavy atom. The first-order valence-electron chi connectivity index (χ1n) is 7.70. The number of carbonyl (C=O) groups excluding carboxylic acids is 2. The molecule has 3 aliphatic rings. The topological polar surface area (TPSA) is 78.4 Å². The summed E-state index contributed by atoms with van der Waals surface area (Å²) in [5, 5.41) is 16.0. The Morgan fingerprint density at radius 1 is 1.17 bits per heavy atom. The van der Waals surface area contributed by atoms with E-state index < -0.39 is 28.9 Å². The second-order valence-electron chi connectivity index (χ2n) is 6.09. The summed E-state index contributed by atoms with van der Waals surface area (Å²) in [7, 11) is 0. The number of hydrogen-bond acceptors (Lipinski definition) is 3. The number of amides is 3. The Kier molecular flexibility index (Phi) is 2.87. The fourth-order valence-corrected chi connectivity index (χ4v) is 3.83. The highest BCUT2D eigenvalue weighted by atomic mass is 19.1. The van der Waals surface area contributed by atoms with Crippen LogP contribution in [0.1, 0.15) is 18.9 Å². The van der Waals surface area contributed by atoms with E-state index in [1.807, 2.05) is 18.2 Å². The maximum atomic E-state index is 14.6. The molecule has 1 aromatic rings. The van der Waals surface area contributed by atoms with Gasteiger partial charge in [-0.3, -0.25) is 10.1 Å². The average Bonchev–Trinajstić information content (AvgIpc) is 2.90. The van der Waals surface area contributed by atoms with Gasteiger partial charge in [0, 0.05) is 11.1 Å². The molecule has 1 fully saturated rings. The molecule has 1 saturated heterocycles. The van der Waals surface area contributed by atoms with E-state index in [4.69, 9.17) is 0 Å². The van der Waals surface area contributed by atoms with E-state index in [1.165, 1.54) is 6.08 Å². The third-order valence-electron chi connectivity index (χ3n) is 5.07. The summed E-state index contributed by atoms with van der Waals surface area (Å²) >= 11 is 0. The van der Waals surface area contributed by atoms with Crippen LogP contribution in [-0.4, -0.2) is 28.2 Å². The molecule has 1 heterocycles. The Morgan fingerprint density at radius 3 is 2.42 bits per heavy atom. The van der Waals surface area contributed by atoms with Crippen LogP contribution in [0, 0.1) is 0 Å². The number of rotatable bonds is 3. The van der Waals surface area contributed by atoms with Crippen LogP contribution < -0.4 is 10.6 Å². The number of allylic oxidation sites excluding steroid dienone is 2. The molecule has 3 amide bonds. The summed E-state index contributed by atoms with van der Waals surface area (Å²) in [5.74, 6) is -1.19. The Bertz CT molecular complexity index is 872. The molecule has 6 heteroatoms. The smallest absolute Gasteiger partial charge is 0.322 e. The monoisotopic (exact) mass is 326 g/mol. The Balaban J connectivity index is 1.88. The largest absolute Gasteiger partial charge is 0.377 e. The predicted molar refractivity (Wildman–Crippen MR) is 85.3 cm³/mol. The molecule has 2 bridgehead atoms. The van der Waals surface area contributed by atoms with Crippen LogP contribution in [0.15, 0.2) is 59.5 Å². The van der Waals surface area contributed by atoms with Gasteiger partial charge in [0.2, 0.25) is 0 Å². The van der Waals surface area contributed by atoms with E-state index in [-0.39, 0.29) is 17.6 Å². The zero-order valence-corrected chi connectivity index (χ0v) is 12.9. The van der Waals surface area contributed by atoms with Crippen molar-refractivity contribution in [3.8, 4) is 0 Å². The number of nitrogens with one attached hydrogen (secondary N) is 2. The lowest BCUT2D eigenvalue weighted by atomic mass is 9.56. The quantitative estimate of drug-likeness (QED) is 0.743. The van der Waals surface area contributed by atoms with E-state index in [0.717, 1.165) is 5.56 Å². The van der Waals surface area contributed by atoms with E-state index in [0.29, 0.717) is 5.57 Å². The van der Waals surface area contributed by atoms with Gasteiger partial charge in [-0.15, -0.1) is 0 Å². The molecular weight excluding hydrogens is 311 g/mol. The van der Waals surface area contributed by atoms with E-state index in [1.54, 1.807) is 25.1 Å². The molecule has 2 aliphatic carbocycles. The van der Waals surface area contributed by atoms with Crippen molar-refractivity contribution in [1.29, 1.82) is 0 Å². The molecule has 0 radical (unpaired) electrons. The summed E-state index contributed by atoms with van der Waals surface area (Å²) < 4.78 is 14.6. The molecule has 0 spiro atoms. The third kappa shape index (κ3) is 1.51. The van der Waals surface area contributed by atoms with Gasteiger partial charge in [0.15, 0.2) is 11.1 Å². The lowest BCUT2D eigenvalue weighted by molar-refractivity contribution is -0.131. The second kappa shape index (κ2) is 4.64. The summed E-state index contributed by atoms with van der Waals surface area (Å²) in [6.07, 6.45) is 3.31. The zero-order chi connectivity index (χ0) is 17.1. The standard InChI is InChI=1S/C18H15FN2O3/c1-2-17(15(22)20-16(23)21-17)18(24)12-9-8-11(13(18)14(12)19)10-6-4-3-5-7-10/h3-9,24H,2H2,1H3,(H2,20,21,22,23). The first kappa shape index (κ1) is 14.8. The van der Waals surface area contributed by atoms with Gasteiger partial charge < -0.3 is 10.4 Å². The zero-order valence-electron chi connectivity index (χ0n) is 12.9. The lowest BCUT2D eigenvalue weighted by Gasteiger charge is -2.52. The van der Waals surface area contributed by atoms with Gasteiger partial charge in [0.05, 0.1) is 0 Å². The molecule has 2 atom stereocenters. The number of carbonyl (C=O) groups is 2. The number of imide groups is 1. The number of benzene rings is 1. The maximum Gasteiger partial charge on any atom is 0.322 e. The first-order chi connectivity index (χ1) is 11.5. The summed E-state index contributed by atoms with van der Waals surface area (Å²) in [5.41, 5.74) is -2.20. The maximum absolute atomic E-state index is 14.6. The summed E-state index contributed by atoms with van der Waals surface area (Å²) in [6, 6.07) is 8.37. The number of aliphatic hydroxyl groups is 1. The minimum atomic E-state index is -1.89. The van der Waals surface area contributed by atoms with Gasteiger partial charge in [0.25, 0.3) is 5.91 Å². The molecule has 0 aromatic heterocycles. The van der Waals surface area contributed by atoms with Crippen molar-refractivity contribution in [2.45, 2.75) is 24.5 Å². The molecular formula is C18H15FN2O3. The minimum absolute atomic E-state index is 0.0244. The molecule has 3 N–H and O–H groups in total. The van der Waals surface area contributed by atoms with Crippen LogP contribution in [-0.2, 0) is 4.79 Å². The Hall–Kier alpha value is -2.73. The highest BCUT2D eigenvalue weighted by Crippen LogP contribution is 2.59. The molecule has 5 nitrogen and oxygen atoms in total. The lowest BCUT2D eigenvalue weighted by Crippen LogP contribution is -2.69. The molecule has 24 heavy (non-hydrogen) atoms. The summed E-state index contributed by atoms with van der Waals surface area (Å²) in [4.78, 5) is 24.1. The third-order valence-corrected chi connectivity index (χ3v) is 5.07. The van der Waals surface area contributed by atoms with Crippen LogP contribution >= 0.6 is 0 Å². The van der Waals surface area contributed by atoms with Crippen molar-refractivity contribution in [2.24, 2.45) is 0 Å². The molecule has 0 saturated carbocycles. The average molecular weight is 326 g/mol. The SMILES string of the molecule is CCC1(C2(O)c3ccc(-c4ccccc4)c2c3F)NC(=O)NC1=O. The van der Waals surface area contributed by atoms with Gasteiger partial charge >= 0.3 is 6.03 Å². The van der Waals surface area contributed by atoms with Crippen LogP contribution in [0.3, 0.4) is 0 Å². The van der Waals surface area contributed by atoms with E-state index in [2.05, 4.69) is 10.6 Å². The molecule has 1 aromatic carbocycles. The van der Waals surface area contributed by atoms with E-state index >= 15 is 0 Å². The predicted octanol–water partition coefficient (Wildman–Crippen LogP) is 1.97. The van der Waals surface area contributed by atoms with Gasteiger partial charge in [-0.05, 0) is 17.6 Å². The summed E-state index contributed by atoms with van der Waals surface area (Å²) in [6.45, 7) is 1.67. The number of fused-ring (bicyclic) bond motifs is 2. The van der Waals surface area contributed by atoms with Crippen LogP contribution in [0.25, 0.3) is 5.57 Å². The van der Waals surface area contributed by atoms with Gasteiger partial charge in [-0.1, -0.05) is 49.4 Å². The second-order valence-corrected chi connectivity index (χ2v) is 6.09. The normalized spacial score (nSPS) is 31.1. The van der Waals surface area contributed by atoms with Crippen LogP contribution in [0.4, 0.5) is 9.18 Å². The highest BCUT2D eigenvalue weighted by molar-refractivity contribution is 6.11. The van der Waals surface area contributed by atoms with Crippen molar-refractivity contribution < 1.29 is 19.1 Å². The van der Waals surface area contributed by atoms with Gasteiger partial charge in [-0.25, -0.2) is 9.18 Å². The fraction of sp³-hybridized carbons (Fsp3) is 0.222. The van der Waals surface area contributed by atoms with Gasteiger partial charge in [-0.2, -0.15) is 0 Å². The molecule has 4 rings (SSSR count). The highest BCUT2D eigenvalue weighted by Gasteiger charge is 2.69. The first-order valence-corrected chi connectivity index (χ1v) is 7.70.